The maximum absolute atomic E-state index is 12.7. The summed E-state index contributed by atoms with van der Waals surface area (Å²) in [5.41, 5.74) is 1.74. The highest BCUT2D eigenvalue weighted by Gasteiger charge is 2.25. The molecule has 4 rings (SSSR count). The van der Waals surface area contributed by atoms with Gasteiger partial charge in [-0.25, -0.2) is 9.97 Å². The molecule has 7 heteroatoms. The molecule has 0 aliphatic carbocycles. The smallest absolute Gasteiger partial charge is 0.273 e. The maximum Gasteiger partial charge on any atom is 0.273 e. The Bertz CT molecular complexity index is 874. The Balaban J connectivity index is 1.48. The molecule has 0 saturated heterocycles. The number of fused-ring (bicyclic) bond motifs is 1. The summed E-state index contributed by atoms with van der Waals surface area (Å²) in [6, 6.07) is 10.2. The third-order valence-corrected chi connectivity index (χ3v) is 5.55. The van der Waals surface area contributed by atoms with Gasteiger partial charge >= 0.3 is 0 Å². The summed E-state index contributed by atoms with van der Waals surface area (Å²) < 4.78 is 3.05. The second kappa shape index (κ2) is 6.49. The number of nitrogens with zero attached hydrogens (tertiary/aromatic N) is 4. The van der Waals surface area contributed by atoms with Crippen molar-refractivity contribution in [1.29, 1.82) is 0 Å². The van der Waals surface area contributed by atoms with Gasteiger partial charge < -0.3 is 9.47 Å². The molecule has 1 aliphatic rings. The summed E-state index contributed by atoms with van der Waals surface area (Å²) in [5.74, 6) is 0.886. The van der Waals surface area contributed by atoms with Crippen LogP contribution in [0.5, 0.6) is 0 Å². The van der Waals surface area contributed by atoms with E-state index in [0.717, 1.165) is 28.4 Å². The molecule has 0 atom stereocenters. The van der Waals surface area contributed by atoms with E-state index in [2.05, 4.69) is 42.6 Å². The molecule has 0 bridgehead atoms. The number of thiazole rings is 1. The van der Waals surface area contributed by atoms with Gasteiger partial charge in [0.1, 0.15) is 16.1 Å². The van der Waals surface area contributed by atoms with Crippen LogP contribution < -0.4 is 0 Å². The minimum atomic E-state index is -0.0177. The Kier molecular flexibility index (Phi) is 4.20. The Morgan fingerprint density at radius 3 is 2.92 bits per heavy atom. The zero-order chi connectivity index (χ0) is 16.5. The number of rotatable bonds is 3. The van der Waals surface area contributed by atoms with Crippen molar-refractivity contribution in [1.82, 2.24) is 19.4 Å². The predicted molar refractivity (Wildman–Crippen MR) is 96.0 cm³/mol. The fourth-order valence-electron chi connectivity index (χ4n) is 2.82. The summed E-state index contributed by atoms with van der Waals surface area (Å²) in [7, 11) is 0. The van der Waals surface area contributed by atoms with Crippen molar-refractivity contribution in [2.75, 3.05) is 6.54 Å². The largest absolute Gasteiger partial charge is 0.328 e. The van der Waals surface area contributed by atoms with Crippen molar-refractivity contribution in [2.45, 2.75) is 19.5 Å². The lowest BCUT2D eigenvalue weighted by atomic mass is 10.2. The van der Waals surface area contributed by atoms with Gasteiger partial charge in [0.15, 0.2) is 0 Å². The summed E-state index contributed by atoms with van der Waals surface area (Å²) in [4.78, 5) is 23.4. The molecule has 0 spiro atoms. The first-order chi connectivity index (χ1) is 11.7. The Hall–Kier alpha value is -1.99. The molecule has 0 N–H and O–H groups in total. The van der Waals surface area contributed by atoms with Crippen LogP contribution in [0, 0.1) is 0 Å². The van der Waals surface area contributed by atoms with Gasteiger partial charge in [0, 0.05) is 24.9 Å². The van der Waals surface area contributed by atoms with Gasteiger partial charge in [-0.05, 0) is 21.5 Å². The first kappa shape index (κ1) is 15.5. The lowest BCUT2D eigenvalue weighted by Crippen LogP contribution is -2.38. The molecule has 24 heavy (non-hydrogen) atoms. The fraction of sp³-hybridized carbons (Fsp3) is 0.235. The summed E-state index contributed by atoms with van der Waals surface area (Å²) in [5, 5.41) is 2.82. The molecule has 1 amide bonds. The third-order valence-electron chi connectivity index (χ3n) is 4.07. The van der Waals surface area contributed by atoms with E-state index in [9.17, 15) is 4.79 Å². The van der Waals surface area contributed by atoms with Gasteiger partial charge in [-0.1, -0.05) is 30.3 Å². The number of imidazole rings is 1. The number of aromatic nitrogens is 3. The van der Waals surface area contributed by atoms with Crippen molar-refractivity contribution in [3.63, 3.8) is 0 Å². The van der Waals surface area contributed by atoms with Crippen LogP contribution in [0.3, 0.4) is 0 Å². The van der Waals surface area contributed by atoms with E-state index in [4.69, 9.17) is 0 Å². The lowest BCUT2D eigenvalue weighted by molar-refractivity contribution is 0.0701. The highest BCUT2D eigenvalue weighted by Crippen LogP contribution is 2.21. The summed E-state index contributed by atoms with van der Waals surface area (Å²) >= 11 is 5.01. The third kappa shape index (κ3) is 3.01. The van der Waals surface area contributed by atoms with Crippen LogP contribution in [-0.2, 0) is 19.5 Å². The van der Waals surface area contributed by atoms with Crippen LogP contribution in [0.4, 0.5) is 0 Å². The normalized spacial score (nSPS) is 13.8. The molecule has 0 radical (unpaired) electrons. The second-order valence-electron chi connectivity index (χ2n) is 5.66. The van der Waals surface area contributed by atoms with Crippen LogP contribution in [0.2, 0.25) is 0 Å². The van der Waals surface area contributed by atoms with E-state index in [1.807, 2.05) is 28.5 Å². The second-order valence-corrected chi connectivity index (χ2v) is 7.42. The van der Waals surface area contributed by atoms with E-state index in [1.54, 1.807) is 6.20 Å². The molecule has 1 aliphatic heterocycles. The van der Waals surface area contributed by atoms with Crippen molar-refractivity contribution in [2.24, 2.45) is 0 Å². The molecule has 122 valence electrons. The number of benzene rings is 1. The number of hydrogen-bond acceptors (Lipinski definition) is 4. The number of carbonyl (C=O) groups excluding carboxylic acids is 1. The van der Waals surface area contributed by atoms with Crippen LogP contribution in [0.15, 0.2) is 46.5 Å². The number of amides is 1. The SMILES string of the molecule is O=C(c1csc(Cc2ccccc2)n1)N1CCn2c(Br)cnc2C1. The quantitative estimate of drug-likeness (QED) is 0.674. The minimum absolute atomic E-state index is 0.0177. The lowest BCUT2D eigenvalue weighted by Gasteiger charge is -2.27. The van der Waals surface area contributed by atoms with Gasteiger partial charge in [0.05, 0.1) is 17.7 Å². The molecular formula is C17H15BrN4OS. The van der Waals surface area contributed by atoms with Crippen molar-refractivity contribution < 1.29 is 4.79 Å². The standard InChI is InChI=1S/C17H15BrN4OS/c18-14-9-19-15-10-21(6-7-22(14)15)17(23)13-11-24-16(20-13)8-12-4-2-1-3-5-12/h1-5,9,11H,6-8,10H2. The number of carbonyl (C=O) groups is 1. The van der Waals surface area contributed by atoms with Gasteiger partial charge in [0.2, 0.25) is 0 Å². The van der Waals surface area contributed by atoms with Crippen LogP contribution in [0.1, 0.15) is 26.9 Å². The first-order valence-electron chi connectivity index (χ1n) is 7.68. The first-order valence-corrected chi connectivity index (χ1v) is 9.35. The Morgan fingerprint density at radius 2 is 2.08 bits per heavy atom. The van der Waals surface area contributed by atoms with Crippen molar-refractivity contribution >= 4 is 33.2 Å². The van der Waals surface area contributed by atoms with Gasteiger partial charge in [0.25, 0.3) is 5.91 Å². The highest BCUT2D eigenvalue weighted by molar-refractivity contribution is 9.10. The topological polar surface area (TPSA) is 51.0 Å². The fourth-order valence-corrected chi connectivity index (χ4v) is 4.11. The molecule has 0 fully saturated rings. The molecule has 3 aromatic rings. The minimum Gasteiger partial charge on any atom is -0.328 e. The summed E-state index contributed by atoms with van der Waals surface area (Å²) in [6.45, 7) is 1.95. The molecule has 3 heterocycles. The molecule has 5 nitrogen and oxygen atoms in total. The zero-order valence-corrected chi connectivity index (χ0v) is 15.3. The van der Waals surface area contributed by atoms with Gasteiger partial charge in [-0.2, -0.15) is 0 Å². The number of halogens is 1. The monoisotopic (exact) mass is 402 g/mol. The molecule has 1 aromatic carbocycles. The van der Waals surface area contributed by atoms with Crippen LogP contribution in [-0.4, -0.2) is 31.9 Å². The Labute approximate surface area is 152 Å². The molecule has 0 saturated carbocycles. The van der Waals surface area contributed by atoms with Crippen molar-refractivity contribution in [3.05, 3.63) is 68.6 Å². The van der Waals surface area contributed by atoms with E-state index >= 15 is 0 Å². The van der Waals surface area contributed by atoms with E-state index in [-0.39, 0.29) is 5.91 Å². The summed E-state index contributed by atoms with van der Waals surface area (Å²) in [6.07, 6.45) is 2.54. The molecule has 0 unspecified atom stereocenters. The van der Waals surface area contributed by atoms with E-state index in [1.165, 1.54) is 16.9 Å². The molecular weight excluding hydrogens is 388 g/mol. The maximum atomic E-state index is 12.7. The zero-order valence-electron chi connectivity index (χ0n) is 12.9. The van der Waals surface area contributed by atoms with E-state index in [0.29, 0.717) is 18.8 Å². The molecule has 2 aromatic heterocycles. The highest BCUT2D eigenvalue weighted by atomic mass is 79.9. The van der Waals surface area contributed by atoms with E-state index < -0.39 is 0 Å². The average molecular weight is 403 g/mol. The Morgan fingerprint density at radius 1 is 1.25 bits per heavy atom. The average Bonchev–Trinajstić information content (AvgIpc) is 3.22. The number of hydrogen-bond donors (Lipinski definition) is 0. The van der Waals surface area contributed by atoms with Crippen LogP contribution in [0.25, 0.3) is 0 Å². The van der Waals surface area contributed by atoms with Crippen LogP contribution >= 0.6 is 27.3 Å². The van der Waals surface area contributed by atoms with Gasteiger partial charge in [-0.3, -0.25) is 4.79 Å². The predicted octanol–water partition coefficient (Wildman–Crippen LogP) is 3.35. The van der Waals surface area contributed by atoms with Crippen molar-refractivity contribution in [3.8, 4) is 0 Å². The van der Waals surface area contributed by atoms with Gasteiger partial charge in [-0.15, -0.1) is 11.3 Å².